The lowest BCUT2D eigenvalue weighted by Gasteiger charge is -2.55. The summed E-state index contributed by atoms with van der Waals surface area (Å²) in [7, 11) is 0. The fourth-order valence-electron chi connectivity index (χ4n) is 8.25. The predicted octanol–water partition coefficient (Wildman–Crippen LogP) is 6.05. The van der Waals surface area contributed by atoms with Gasteiger partial charge in [0, 0.05) is 29.8 Å². The third-order valence-corrected chi connectivity index (χ3v) is 12.7. The first kappa shape index (κ1) is 20.8. The van der Waals surface area contributed by atoms with E-state index >= 15 is 0 Å². The Morgan fingerprint density at radius 2 is 2.00 bits per heavy atom. The van der Waals surface area contributed by atoms with E-state index in [-0.39, 0.29) is 17.0 Å². The monoisotopic (exact) mass is 458 g/mol. The molecule has 6 heterocycles. The number of fused-ring (bicyclic) bond motifs is 1. The topological polar surface area (TPSA) is 35.5 Å². The van der Waals surface area contributed by atoms with E-state index < -0.39 is 0 Å². The van der Waals surface area contributed by atoms with E-state index in [0.717, 1.165) is 24.5 Å². The van der Waals surface area contributed by atoms with Crippen molar-refractivity contribution in [2.75, 3.05) is 18.1 Å². The highest BCUT2D eigenvalue weighted by Crippen LogP contribution is 2.70. The number of ether oxygens (including phenoxy) is 2. The first-order chi connectivity index (χ1) is 15.0. The van der Waals surface area contributed by atoms with E-state index in [0.29, 0.717) is 28.9 Å². The molecule has 31 heavy (non-hydrogen) atoms. The molecular weight excluding hydrogens is 424 g/mol. The van der Waals surface area contributed by atoms with Crippen molar-refractivity contribution in [3.8, 4) is 5.75 Å². The van der Waals surface area contributed by atoms with Gasteiger partial charge in [-0.3, -0.25) is 4.79 Å². The van der Waals surface area contributed by atoms with Gasteiger partial charge >= 0.3 is 5.97 Å². The van der Waals surface area contributed by atoms with Gasteiger partial charge in [-0.2, -0.15) is 0 Å². The van der Waals surface area contributed by atoms with Crippen molar-refractivity contribution in [3.63, 3.8) is 0 Å². The lowest BCUT2D eigenvalue weighted by atomic mass is 9.52. The molecule has 0 spiro atoms. The second-order valence-electron chi connectivity index (χ2n) is 10.6. The summed E-state index contributed by atoms with van der Waals surface area (Å²) < 4.78 is 13.4. The van der Waals surface area contributed by atoms with E-state index in [4.69, 9.17) is 9.47 Å². The van der Waals surface area contributed by atoms with Gasteiger partial charge in [0.05, 0.1) is 11.2 Å². The average molecular weight is 459 g/mol. The Bertz CT molecular complexity index is 881. The number of thioether (sulfide) groups is 2. The fourth-order valence-corrected chi connectivity index (χ4v) is 11.6. The second kappa shape index (κ2) is 7.62. The molecule has 8 bridgehead atoms. The molecule has 6 atom stereocenters. The Hall–Kier alpha value is -0.810. The van der Waals surface area contributed by atoms with Crippen LogP contribution in [0.2, 0.25) is 0 Å². The molecule has 0 amide bonds. The summed E-state index contributed by atoms with van der Waals surface area (Å²) in [6.45, 7) is 4.83. The van der Waals surface area contributed by atoms with Crippen molar-refractivity contribution in [2.45, 2.75) is 74.9 Å². The van der Waals surface area contributed by atoms with Crippen LogP contribution in [0.15, 0.2) is 18.2 Å². The molecule has 1 aromatic rings. The molecule has 3 aliphatic carbocycles. The number of aryl methyl sites for hydroxylation is 1. The molecule has 168 valence electrons. The zero-order chi connectivity index (χ0) is 21.2. The largest absolute Gasteiger partial charge is 0.494 e. The lowest BCUT2D eigenvalue weighted by Crippen LogP contribution is -2.56. The smallest absolute Gasteiger partial charge is 0.303 e. The zero-order valence-corrected chi connectivity index (χ0v) is 20.4. The number of carbonyl (C=O) groups is 1. The average Bonchev–Trinajstić information content (AvgIpc) is 3.36. The van der Waals surface area contributed by atoms with Crippen LogP contribution in [0.1, 0.15) is 69.4 Å². The maximum atomic E-state index is 12.6. The van der Waals surface area contributed by atoms with Gasteiger partial charge in [-0.25, -0.2) is 0 Å². The summed E-state index contributed by atoms with van der Waals surface area (Å²) in [6, 6.07) is 6.88. The molecule has 3 fully saturated rings. The Labute approximate surface area is 194 Å². The molecule has 5 heteroatoms. The maximum absolute atomic E-state index is 12.6. The van der Waals surface area contributed by atoms with Gasteiger partial charge in [-0.05, 0) is 86.0 Å². The zero-order valence-electron chi connectivity index (χ0n) is 18.7. The Balaban J connectivity index is 1.49. The van der Waals surface area contributed by atoms with E-state index in [9.17, 15) is 4.79 Å². The SMILES string of the molecule is CC(=O)O[C@]12CCCOc3ccc4c(c3)CC[C@H]3C4CC[C@@]1(C)[C@H]3C[C@H]2C1SCCS1. The van der Waals surface area contributed by atoms with Crippen molar-refractivity contribution in [1.82, 2.24) is 0 Å². The molecule has 0 aromatic heterocycles. The van der Waals surface area contributed by atoms with Crippen LogP contribution in [0, 0.1) is 23.2 Å². The molecule has 6 aliphatic heterocycles. The number of carbonyl (C=O) groups excluding carboxylic acids is 1. The first-order valence-corrected chi connectivity index (χ1v) is 14.3. The minimum atomic E-state index is -0.351. The van der Waals surface area contributed by atoms with Crippen molar-refractivity contribution in [1.29, 1.82) is 0 Å². The van der Waals surface area contributed by atoms with Crippen LogP contribution in [0.25, 0.3) is 0 Å². The summed E-state index contributed by atoms with van der Waals surface area (Å²) in [5.41, 5.74) is 2.82. The van der Waals surface area contributed by atoms with Crippen LogP contribution < -0.4 is 4.74 Å². The van der Waals surface area contributed by atoms with E-state index in [1.54, 1.807) is 12.5 Å². The number of hydrogen-bond donors (Lipinski definition) is 0. The maximum Gasteiger partial charge on any atom is 0.303 e. The van der Waals surface area contributed by atoms with Gasteiger partial charge < -0.3 is 9.47 Å². The highest BCUT2D eigenvalue weighted by atomic mass is 32.2. The summed E-state index contributed by atoms with van der Waals surface area (Å²) in [5.74, 6) is 5.86. The van der Waals surface area contributed by atoms with Crippen LogP contribution >= 0.6 is 23.5 Å². The Morgan fingerprint density at radius 1 is 1.16 bits per heavy atom. The van der Waals surface area contributed by atoms with Crippen molar-refractivity contribution >= 4 is 29.5 Å². The minimum Gasteiger partial charge on any atom is -0.494 e. The molecule has 1 saturated heterocycles. The molecule has 3 nitrogen and oxygen atoms in total. The van der Waals surface area contributed by atoms with Crippen molar-refractivity contribution in [2.24, 2.45) is 23.2 Å². The number of hydrogen-bond acceptors (Lipinski definition) is 5. The normalized spacial score (nSPS) is 41.5. The molecule has 0 N–H and O–H groups in total. The van der Waals surface area contributed by atoms with Crippen LogP contribution in [-0.2, 0) is 16.0 Å². The standard InChI is InChI=1S/C26H34O3S2/c1-16(27)29-26-9-3-11-28-18-5-7-19-17(14-18)4-6-21-20(19)8-10-25(26,2)22(21)15-23(26)24-30-12-13-31-24/h5,7,14,20-24H,3-4,6,8-13,15H2,1-2H3/t20?,21-,22-,23-,25-,26-/m0/s1. The molecule has 1 unspecified atom stereocenters. The van der Waals surface area contributed by atoms with Crippen LogP contribution in [0.5, 0.6) is 5.75 Å². The second-order valence-corrected chi connectivity index (χ2v) is 13.4. The van der Waals surface area contributed by atoms with Crippen molar-refractivity contribution in [3.05, 3.63) is 29.3 Å². The quantitative estimate of drug-likeness (QED) is 0.504. The Kier molecular flexibility index (Phi) is 5.10. The molecule has 1 aromatic carbocycles. The molecular formula is C26H34O3S2. The minimum absolute atomic E-state index is 0.0684. The van der Waals surface area contributed by atoms with Gasteiger partial charge in [0.25, 0.3) is 0 Å². The van der Waals surface area contributed by atoms with Crippen LogP contribution in [0.4, 0.5) is 0 Å². The van der Waals surface area contributed by atoms with E-state index in [2.05, 4.69) is 48.6 Å². The highest BCUT2D eigenvalue weighted by molar-refractivity contribution is 8.20. The number of esters is 1. The third-order valence-electron chi connectivity index (χ3n) is 9.42. The predicted molar refractivity (Wildman–Crippen MR) is 128 cm³/mol. The summed E-state index contributed by atoms with van der Waals surface area (Å²) >= 11 is 4.23. The van der Waals surface area contributed by atoms with E-state index in [1.165, 1.54) is 49.2 Å². The van der Waals surface area contributed by atoms with Gasteiger partial charge in [-0.15, -0.1) is 23.5 Å². The van der Waals surface area contributed by atoms with Gasteiger partial charge in [-0.1, -0.05) is 13.0 Å². The summed E-state index contributed by atoms with van der Waals surface area (Å²) in [5, 5.41) is 0. The van der Waals surface area contributed by atoms with Gasteiger partial charge in [0.15, 0.2) is 0 Å². The van der Waals surface area contributed by atoms with E-state index in [1.807, 2.05) is 0 Å². The number of benzene rings is 1. The molecule has 0 radical (unpaired) electrons. The summed E-state index contributed by atoms with van der Waals surface area (Å²) in [6.07, 6.45) is 7.94. The fraction of sp³-hybridized carbons (Fsp3) is 0.731. The van der Waals surface area contributed by atoms with Gasteiger partial charge in [0.2, 0.25) is 0 Å². The lowest BCUT2D eigenvalue weighted by molar-refractivity contribution is -0.187. The summed E-state index contributed by atoms with van der Waals surface area (Å²) in [4.78, 5) is 12.6. The van der Waals surface area contributed by atoms with Crippen LogP contribution in [-0.4, -0.2) is 34.3 Å². The van der Waals surface area contributed by atoms with Crippen LogP contribution in [0.3, 0.4) is 0 Å². The van der Waals surface area contributed by atoms with Gasteiger partial charge in [0.1, 0.15) is 11.4 Å². The first-order valence-electron chi connectivity index (χ1n) is 12.2. The molecule has 10 rings (SSSR count). The Morgan fingerprint density at radius 3 is 2.81 bits per heavy atom. The number of rotatable bonds is 2. The van der Waals surface area contributed by atoms with Crippen molar-refractivity contribution < 1.29 is 14.3 Å². The molecule has 2 saturated carbocycles. The molecule has 9 aliphatic rings. The highest BCUT2D eigenvalue weighted by Gasteiger charge is 2.69. The third kappa shape index (κ3) is 3.04.